The molecule has 4 nitrogen and oxygen atoms in total. The molecule has 0 amide bonds. The lowest BCUT2D eigenvalue weighted by atomic mass is 9.91. The molecule has 1 aromatic heterocycles. The maximum absolute atomic E-state index is 5.46. The summed E-state index contributed by atoms with van der Waals surface area (Å²) >= 11 is 1.89. The highest BCUT2D eigenvalue weighted by atomic mass is 32.1. The lowest BCUT2D eigenvalue weighted by Gasteiger charge is -2.40. The Morgan fingerprint density at radius 1 is 0.659 bits per heavy atom. The third kappa shape index (κ3) is 4.12. The predicted octanol–water partition coefficient (Wildman–Crippen LogP) is 8.74. The lowest BCUT2D eigenvalue weighted by Crippen LogP contribution is -2.57. The van der Waals surface area contributed by atoms with E-state index in [1.165, 1.54) is 48.1 Å². The average molecular weight is 587 g/mol. The number of nitrogens with one attached hydrogen (secondary N) is 2. The minimum atomic E-state index is -0.280. The van der Waals surface area contributed by atoms with Crippen molar-refractivity contribution in [3.05, 3.63) is 162 Å². The van der Waals surface area contributed by atoms with E-state index in [1.807, 2.05) is 11.3 Å². The third-order valence-electron chi connectivity index (χ3n) is 9.08. The van der Waals surface area contributed by atoms with Crippen LogP contribution in [-0.2, 0) is 0 Å². The highest BCUT2D eigenvalue weighted by Gasteiger charge is 2.43. The highest BCUT2D eigenvalue weighted by molar-refractivity contribution is 7.26. The molecule has 4 atom stereocenters. The van der Waals surface area contributed by atoms with E-state index in [2.05, 4.69) is 161 Å². The summed E-state index contributed by atoms with van der Waals surface area (Å²) in [5, 5.41) is 10.3. The molecule has 2 N–H and O–H groups in total. The van der Waals surface area contributed by atoms with Gasteiger partial charge in [-0.25, -0.2) is 4.99 Å². The van der Waals surface area contributed by atoms with Gasteiger partial charge in [-0.1, -0.05) is 133 Å². The van der Waals surface area contributed by atoms with Crippen LogP contribution in [0.15, 0.2) is 151 Å². The van der Waals surface area contributed by atoms with Crippen molar-refractivity contribution < 1.29 is 0 Å². The standard InChI is InChI=1S/C39H30N4S/c1-3-12-25(13-4-1)27-16-11-17-28(24-27)38-40-37(26-14-5-2-6-15-26)41-39(42-38)43-33-20-9-7-18-29(33)31-22-23-32-30-19-8-10-21-34(30)44-36(32)35(31)43/h1-24,29,33,37,39,41H,(H,40,42). The molecule has 0 bridgehead atoms. The Balaban J connectivity index is 1.22. The number of benzene rings is 5. The van der Waals surface area contributed by atoms with Gasteiger partial charge in [0.2, 0.25) is 0 Å². The van der Waals surface area contributed by atoms with Gasteiger partial charge in [0.15, 0.2) is 6.29 Å². The van der Waals surface area contributed by atoms with Crippen LogP contribution in [0.3, 0.4) is 0 Å². The normalized spacial score (nSPS) is 22.1. The zero-order chi connectivity index (χ0) is 29.0. The number of nitrogens with zero attached hydrogens (tertiary/aromatic N) is 2. The van der Waals surface area contributed by atoms with Crippen molar-refractivity contribution in [1.29, 1.82) is 0 Å². The van der Waals surface area contributed by atoms with E-state index in [0.717, 1.165) is 11.4 Å². The van der Waals surface area contributed by atoms with Crippen LogP contribution in [0.2, 0.25) is 0 Å². The van der Waals surface area contributed by atoms with Crippen LogP contribution in [0.5, 0.6) is 0 Å². The summed E-state index contributed by atoms with van der Waals surface area (Å²) in [6.45, 7) is 0. The van der Waals surface area contributed by atoms with E-state index < -0.39 is 0 Å². The summed E-state index contributed by atoms with van der Waals surface area (Å²) in [6.07, 6.45) is 8.68. The summed E-state index contributed by atoms with van der Waals surface area (Å²) in [6, 6.07) is 43.5. The lowest BCUT2D eigenvalue weighted by molar-refractivity contribution is 0.377. The third-order valence-corrected chi connectivity index (χ3v) is 10.3. The summed E-state index contributed by atoms with van der Waals surface area (Å²) in [4.78, 5) is 8.00. The van der Waals surface area contributed by atoms with Gasteiger partial charge in [0.05, 0.1) is 16.4 Å². The number of fused-ring (bicyclic) bond motifs is 7. The van der Waals surface area contributed by atoms with Crippen molar-refractivity contribution in [2.24, 2.45) is 4.99 Å². The molecule has 5 aromatic carbocycles. The van der Waals surface area contributed by atoms with Crippen LogP contribution in [0, 0.1) is 0 Å². The monoisotopic (exact) mass is 586 g/mol. The van der Waals surface area contributed by atoms with Gasteiger partial charge in [-0.2, -0.15) is 0 Å². The molecule has 1 aliphatic carbocycles. The van der Waals surface area contributed by atoms with Gasteiger partial charge in [-0.3, -0.25) is 5.32 Å². The molecule has 0 radical (unpaired) electrons. The molecule has 9 rings (SSSR count). The van der Waals surface area contributed by atoms with Crippen molar-refractivity contribution >= 4 is 43.0 Å². The Morgan fingerprint density at radius 2 is 1.41 bits per heavy atom. The first-order chi connectivity index (χ1) is 21.8. The molecule has 3 heterocycles. The van der Waals surface area contributed by atoms with E-state index >= 15 is 0 Å². The zero-order valence-electron chi connectivity index (χ0n) is 24.0. The molecule has 2 aliphatic heterocycles. The molecule has 0 spiro atoms. The Kier molecular flexibility index (Phi) is 6.00. The second-order valence-corrected chi connectivity index (χ2v) is 12.7. The Hall–Kier alpha value is -4.97. The minimum absolute atomic E-state index is 0.110. The first kappa shape index (κ1) is 25.5. The molecule has 0 saturated carbocycles. The van der Waals surface area contributed by atoms with Gasteiger partial charge in [0.25, 0.3) is 0 Å². The van der Waals surface area contributed by atoms with E-state index in [0.29, 0.717) is 0 Å². The van der Waals surface area contributed by atoms with Crippen molar-refractivity contribution in [2.75, 3.05) is 4.90 Å². The second-order valence-electron chi connectivity index (χ2n) is 11.6. The van der Waals surface area contributed by atoms with Gasteiger partial charge in [0.1, 0.15) is 12.0 Å². The number of thiophene rings is 1. The molecule has 3 aliphatic rings. The van der Waals surface area contributed by atoms with Crippen LogP contribution in [0.25, 0.3) is 31.3 Å². The van der Waals surface area contributed by atoms with Crippen LogP contribution < -0.4 is 15.5 Å². The van der Waals surface area contributed by atoms with E-state index in [4.69, 9.17) is 4.99 Å². The smallest absolute Gasteiger partial charge is 0.180 e. The molecule has 44 heavy (non-hydrogen) atoms. The molecule has 5 heteroatoms. The number of hydrogen-bond acceptors (Lipinski definition) is 5. The molecule has 0 fully saturated rings. The van der Waals surface area contributed by atoms with Crippen molar-refractivity contribution in [3.8, 4) is 11.1 Å². The van der Waals surface area contributed by atoms with Crippen molar-refractivity contribution in [2.45, 2.75) is 24.4 Å². The number of rotatable bonds is 4. The van der Waals surface area contributed by atoms with Crippen LogP contribution >= 0.6 is 11.3 Å². The zero-order valence-corrected chi connectivity index (χ0v) is 24.8. The Labute approximate surface area is 260 Å². The molecule has 6 aromatic rings. The molecular weight excluding hydrogens is 557 g/mol. The second kappa shape index (κ2) is 10.3. The minimum Gasteiger partial charge on any atom is -0.350 e. The maximum atomic E-state index is 5.46. The average Bonchev–Trinajstić information content (AvgIpc) is 3.65. The molecule has 212 valence electrons. The first-order valence-corrected chi connectivity index (χ1v) is 16.0. The van der Waals surface area contributed by atoms with Gasteiger partial charge in [-0.05, 0) is 34.4 Å². The van der Waals surface area contributed by atoms with Gasteiger partial charge in [0, 0.05) is 27.0 Å². The number of amidine groups is 1. The SMILES string of the molecule is C1=CC2c3ccc4c(sc5ccccc54)c3N(C3N=C(c4cccc(-c5ccccc5)c4)NC(c4ccccc4)N3)C2C=C1. The summed E-state index contributed by atoms with van der Waals surface area (Å²) in [7, 11) is 0. The molecule has 4 unspecified atom stereocenters. The summed E-state index contributed by atoms with van der Waals surface area (Å²) in [5.74, 6) is 1.17. The maximum Gasteiger partial charge on any atom is 0.180 e. The summed E-state index contributed by atoms with van der Waals surface area (Å²) in [5.41, 5.74) is 7.30. The molecule has 0 saturated heterocycles. The molecular formula is C39H30N4S. The van der Waals surface area contributed by atoms with Crippen LogP contribution in [0.4, 0.5) is 5.69 Å². The first-order valence-electron chi connectivity index (χ1n) is 15.2. The van der Waals surface area contributed by atoms with Crippen molar-refractivity contribution in [1.82, 2.24) is 10.6 Å². The fraction of sp³-hybridized carbons (Fsp3) is 0.103. The highest BCUT2D eigenvalue weighted by Crippen LogP contribution is 2.51. The Morgan fingerprint density at radius 3 is 2.30 bits per heavy atom. The van der Waals surface area contributed by atoms with Crippen LogP contribution in [0.1, 0.15) is 28.8 Å². The largest absolute Gasteiger partial charge is 0.350 e. The number of anilines is 1. The van der Waals surface area contributed by atoms with Crippen molar-refractivity contribution in [3.63, 3.8) is 0 Å². The number of allylic oxidation sites excluding steroid dienone is 2. The predicted molar refractivity (Wildman–Crippen MR) is 184 cm³/mol. The number of aliphatic imine (C=N–C) groups is 1. The fourth-order valence-electron chi connectivity index (χ4n) is 7.03. The summed E-state index contributed by atoms with van der Waals surface area (Å²) < 4.78 is 2.65. The van der Waals surface area contributed by atoms with Gasteiger partial charge >= 0.3 is 0 Å². The van der Waals surface area contributed by atoms with E-state index in [9.17, 15) is 0 Å². The Bertz CT molecular complexity index is 2110. The van der Waals surface area contributed by atoms with Gasteiger partial charge in [-0.15, -0.1) is 11.3 Å². The topological polar surface area (TPSA) is 39.7 Å². The van der Waals surface area contributed by atoms with Gasteiger partial charge < -0.3 is 10.2 Å². The number of hydrogen-bond donors (Lipinski definition) is 2. The van der Waals surface area contributed by atoms with E-state index in [-0.39, 0.29) is 24.4 Å². The fourth-order valence-corrected chi connectivity index (χ4v) is 8.30. The van der Waals surface area contributed by atoms with E-state index in [1.54, 1.807) is 0 Å². The van der Waals surface area contributed by atoms with Crippen LogP contribution in [-0.4, -0.2) is 18.2 Å². The quantitative estimate of drug-likeness (QED) is 0.217.